The van der Waals surface area contributed by atoms with E-state index in [1.807, 2.05) is 0 Å². The fourth-order valence-electron chi connectivity index (χ4n) is 2.79. The largest absolute Gasteiger partial charge is 0.441 e. The Hall–Kier alpha value is -1.46. The van der Waals surface area contributed by atoms with E-state index in [2.05, 4.69) is 9.97 Å². The smallest absolute Gasteiger partial charge is 0.229 e. The highest BCUT2D eigenvalue weighted by Crippen LogP contribution is 2.40. The minimum atomic E-state index is -0.387. The molecule has 2 aliphatic rings. The zero-order valence-electron chi connectivity index (χ0n) is 11.5. The minimum absolute atomic E-state index is 0. The van der Waals surface area contributed by atoms with Crippen LogP contribution in [0, 0.1) is 5.82 Å². The van der Waals surface area contributed by atoms with Crippen molar-refractivity contribution in [2.75, 3.05) is 0 Å². The molecule has 2 aromatic rings. The lowest BCUT2D eigenvalue weighted by molar-refractivity contribution is 0.458. The number of nitrogens with zero attached hydrogens (tertiary/aromatic N) is 2. The lowest BCUT2D eigenvalue weighted by Crippen LogP contribution is -2.16. The maximum Gasteiger partial charge on any atom is 0.229 e. The van der Waals surface area contributed by atoms with Crippen molar-refractivity contribution in [3.63, 3.8) is 0 Å². The Bertz CT molecular complexity index is 669. The zero-order valence-corrected chi connectivity index (χ0v) is 12.3. The second-order valence-corrected chi connectivity index (χ2v) is 5.69. The van der Waals surface area contributed by atoms with Crippen molar-refractivity contribution < 1.29 is 8.81 Å². The molecule has 0 radical (unpaired) electrons. The van der Waals surface area contributed by atoms with Gasteiger partial charge >= 0.3 is 0 Å². The van der Waals surface area contributed by atoms with Gasteiger partial charge in [-0.2, -0.15) is 0 Å². The van der Waals surface area contributed by atoms with E-state index in [9.17, 15) is 4.39 Å². The van der Waals surface area contributed by atoms with Crippen molar-refractivity contribution in [2.45, 2.75) is 44.1 Å². The Morgan fingerprint density at radius 3 is 2.81 bits per heavy atom. The highest BCUT2D eigenvalue weighted by Gasteiger charge is 2.28. The van der Waals surface area contributed by atoms with E-state index in [4.69, 9.17) is 10.2 Å². The Morgan fingerprint density at radius 2 is 2.10 bits per heavy atom. The minimum Gasteiger partial charge on any atom is -0.441 e. The number of pyridine rings is 1. The molecule has 0 saturated heterocycles. The zero-order chi connectivity index (χ0) is 13.7. The van der Waals surface area contributed by atoms with E-state index in [1.165, 1.54) is 6.20 Å². The molecule has 2 aliphatic carbocycles. The number of halogens is 2. The maximum atomic E-state index is 14.0. The number of nitrogens with two attached hydrogens (primary N) is 1. The normalized spacial score (nSPS) is 20.8. The molecule has 0 amide bonds. The Kier molecular flexibility index (Phi) is 3.71. The molecule has 4 rings (SSSR count). The molecule has 1 fully saturated rings. The fraction of sp³-hybridized carbons (Fsp3) is 0.467. The van der Waals surface area contributed by atoms with Gasteiger partial charge in [-0.3, -0.25) is 4.98 Å². The molecule has 4 nitrogen and oxygen atoms in total. The van der Waals surface area contributed by atoms with Crippen LogP contribution in [-0.4, -0.2) is 9.97 Å². The number of rotatable bonds is 2. The van der Waals surface area contributed by atoms with Crippen molar-refractivity contribution in [1.29, 1.82) is 0 Å². The highest BCUT2D eigenvalue weighted by molar-refractivity contribution is 5.85. The van der Waals surface area contributed by atoms with E-state index in [1.54, 1.807) is 6.07 Å². The van der Waals surface area contributed by atoms with Crippen LogP contribution in [0.1, 0.15) is 54.8 Å². The Balaban J connectivity index is 0.00000132. The molecule has 21 heavy (non-hydrogen) atoms. The fourth-order valence-corrected chi connectivity index (χ4v) is 2.79. The van der Waals surface area contributed by atoms with E-state index >= 15 is 0 Å². The van der Waals surface area contributed by atoms with Gasteiger partial charge in [-0.1, -0.05) is 0 Å². The first-order valence-electron chi connectivity index (χ1n) is 7.13. The molecule has 6 heteroatoms. The highest BCUT2D eigenvalue weighted by atomic mass is 35.5. The van der Waals surface area contributed by atoms with Crippen LogP contribution in [0.2, 0.25) is 0 Å². The van der Waals surface area contributed by atoms with Gasteiger partial charge in [0, 0.05) is 18.0 Å². The number of aryl methyl sites for hydroxylation is 1. The van der Waals surface area contributed by atoms with Gasteiger partial charge in [-0.25, -0.2) is 9.37 Å². The van der Waals surface area contributed by atoms with Crippen LogP contribution >= 0.6 is 12.4 Å². The molecular weight excluding hydrogens is 293 g/mol. The van der Waals surface area contributed by atoms with E-state index < -0.39 is 0 Å². The summed E-state index contributed by atoms with van der Waals surface area (Å²) in [5.41, 5.74) is 8.16. The first-order valence-corrected chi connectivity index (χ1v) is 7.13. The average molecular weight is 310 g/mol. The van der Waals surface area contributed by atoms with Crippen LogP contribution in [0.3, 0.4) is 0 Å². The van der Waals surface area contributed by atoms with Gasteiger partial charge in [-0.05, 0) is 31.7 Å². The van der Waals surface area contributed by atoms with Crippen molar-refractivity contribution >= 4 is 12.4 Å². The summed E-state index contributed by atoms with van der Waals surface area (Å²) >= 11 is 0. The number of fused-ring (bicyclic) bond motifs is 1. The predicted octanol–water partition coefficient (Wildman–Crippen LogP) is 3.51. The average Bonchev–Trinajstić information content (AvgIpc) is 3.19. The molecule has 0 unspecified atom stereocenters. The Labute approximate surface area is 128 Å². The van der Waals surface area contributed by atoms with Crippen LogP contribution < -0.4 is 5.73 Å². The summed E-state index contributed by atoms with van der Waals surface area (Å²) in [7, 11) is 0. The molecule has 0 aromatic carbocycles. The Morgan fingerprint density at radius 1 is 1.29 bits per heavy atom. The first kappa shape index (κ1) is 14.5. The maximum absolute atomic E-state index is 14.0. The molecule has 1 saturated carbocycles. The molecule has 0 aliphatic heterocycles. The van der Waals surface area contributed by atoms with Crippen LogP contribution in [0.25, 0.3) is 11.5 Å². The van der Waals surface area contributed by atoms with Gasteiger partial charge in [0.15, 0.2) is 5.82 Å². The van der Waals surface area contributed by atoms with Gasteiger partial charge in [0.05, 0.1) is 23.5 Å². The van der Waals surface area contributed by atoms with Gasteiger partial charge in [0.25, 0.3) is 0 Å². The topological polar surface area (TPSA) is 64.9 Å². The molecule has 112 valence electrons. The van der Waals surface area contributed by atoms with Crippen molar-refractivity contribution in [3.8, 4) is 11.5 Å². The van der Waals surface area contributed by atoms with Crippen molar-refractivity contribution in [1.82, 2.24) is 9.97 Å². The second kappa shape index (κ2) is 5.39. The number of aromatic nitrogens is 2. The van der Waals surface area contributed by atoms with Crippen molar-refractivity contribution in [3.05, 3.63) is 35.2 Å². The van der Waals surface area contributed by atoms with Gasteiger partial charge < -0.3 is 10.2 Å². The third-order valence-corrected chi connectivity index (χ3v) is 4.10. The molecule has 0 bridgehead atoms. The van der Waals surface area contributed by atoms with Gasteiger partial charge in [0.2, 0.25) is 5.89 Å². The first-order chi connectivity index (χ1) is 9.72. The van der Waals surface area contributed by atoms with Crippen LogP contribution in [-0.2, 0) is 6.42 Å². The summed E-state index contributed by atoms with van der Waals surface area (Å²) in [6.07, 6.45) is 6.26. The lowest BCUT2D eigenvalue weighted by atomic mass is 9.98. The molecule has 2 aromatic heterocycles. The second-order valence-electron chi connectivity index (χ2n) is 5.69. The summed E-state index contributed by atoms with van der Waals surface area (Å²) in [5.74, 6) is 1.24. The number of oxazole rings is 1. The van der Waals surface area contributed by atoms with Crippen LogP contribution in [0.15, 0.2) is 16.7 Å². The summed E-state index contributed by atoms with van der Waals surface area (Å²) in [6, 6.07) is 1.68. The number of hydrogen-bond donors (Lipinski definition) is 1. The van der Waals surface area contributed by atoms with Gasteiger partial charge in [0.1, 0.15) is 5.76 Å². The quantitative estimate of drug-likeness (QED) is 0.922. The molecule has 2 N–H and O–H groups in total. The van der Waals surface area contributed by atoms with Crippen molar-refractivity contribution in [2.24, 2.45) is 5.73 Å². The molecule has 0 spiro atoms. The lowest BCUT2D eigenvalue weighted by Gasteiger charge is -2.14. The third kappa shape index (κ3) is 2.56. The van der Waals surface area contributed by atoms with E-state index in [0.717, 1.165) is 49.3 Å². The molecular formula is C15H17ClFN3O. The van der Waals surface area contributed by atoms with E-state index in [-0.39, 0.29) is 24.3 Å². The summed E-state index contributed by atoms with van der Waals surface area (Å²) in [6.45, 7) is 0. The monoisotopic (exact) mass is 309 g/mol. The van der Waals surface area contributed by atoms with Crippen LogP contribution in [0.5, 0.6) is 0 Å². The molecule has 1 atom stereocenters. The summed E-state index contributed by atoms with van der Waals surface area (Å²) in [4.78, 5) is 8.58. The molecule has 2 heterocycles. The predicted molar refractivity (Wildman–Crippen MR) is 78.8 cm³/mol. The third-order valence-electron chi connectivity index (χ3n) is 4.10. The van der Waals surface area contributed by atoms with Crippen LogP contribution in [0.4, 0.5) is 4.39 Å². The SMILES string of the molecule is Cl.N[C@H]1CCCc2oc(-c3cc(C4CC4)ncc3F)nc21. The summed E-state index contributed by atoms with van der Waals surface area (Å²) < 4.78 is 19.7. The van der Waals surface area contributed by atoms with Gasteiger partial charge in [-0.15, -0.1) is 12.4 Å². The number of hydrogen-bond acceptors (Lipinski definition) is 4. The summed E-state index contributed by atoms with van der Waals surface area (Å²) in [5, 5.41) is 0. The van der Waals surface area contributed by atoms with E-state index in [0.29, 0.717) is 17.4 Å². The standard InChI is InChI=1S/C15H16FN3O.ClH/c16-10-7-18-12(8-4-5-8)6-9(10)15-19-14-11(17)2-1-3-13(14)20-15;/h6-8,11H,1-5,17H2;1H/t11-;/m0./s1.